The van der Waals surface area contributed by atoms with Crippen LogP contribution in [0.25, 0.3) is 0 Å². The summed E-state index contributed by atoms with van der Waals surface area (Å²) >= 11 is 0. The van der Waals surface area contributed by atoms with E-state index in [1.807, 2.05) is 13.8 Å². The first kappa shape index (κ1) is 14.2. The maximum absolute atomic E-state index is 5.33. The van der Waals surface area contributed by atoms with E-state index in [2.05, 4.69) is 36.5 Å². The van der Waals surface area contributed by atoms with Gasteiger partial charge < -0.3 is 10.1 Å². The Morgan fingerprint density at radius 1 is 1.24 bits per heavy atom. The zero-order valence-electron chi connectivity index (χ0n) is 11.3. The number of ether oxygens (including phenoxy) is 1. The van der Waals surface area contributed by atoms with Gasteiger partial charge in [-0.2, -0.15) is 0 Å². The number of benzene rings is 1. The van der Waals surface area contributed by atoms with Crippen molar-refractivity contribution in [3.8, 4) is 0 Å². The number of hydrogen-bond donors (Lipinski definition) is 1. The van der Waals surface area contributed by atoms with Gasteiger partial charge in [0.2, 0.25) is 0 Å². The topological polar surface area (TPSA) is 21.3 Å². The summed E-state index contributed by atoms with van der Waals surface area (Å²) in [4.78, 5) is 0. The van der Waals surface area contributed by atoms with Gasteiger partial charge in [-0.1, -0.05) is 43.7 Å². The quantitative estimate of drug-likeness (QED) is 0.868. The molecule has 1 aliphatic heterocycles. The fourth-order valence-electron chi connectivity index (χ4n) is 1.99. The molecule has 0 bridgehead atoms. The van der Waals surface area contributed by atoms with Gasteiger partial charge in [0.05, 0.1) is 0 Å². The maximum atomic E-state index is 5.33. The molecule has 0 amide bonds. The molecule has 1 aliphatic rings. The Kier molecular flexibility index (Phi) is 6.90. The third-order valence-corrected chi connectivity index (χ3v) is 2.90. The molecule has 0 aromatic heterocycles. The van der Waals surface area contributed by atoms with Crippen molar-refractivity contribution in [2.75, 3.05) is 13.2 Å². The van der Waals surface area contributed by atoms with Gasteiger partial charge in [0.25, 0.3) is 0 Å². The average molecular weight is 235 g/mol. The minimum atomic E-state index is 0.638. The second kappa shape index (κ2) is 8.26. The molecule has 1 aromatic carbocycles. The van der Waals surface area contributed by atoms with E-state index in [1.54, 1.807) is 0 Å². The van der Waals surface area contributed by atoms with Crippen molar-refractivity contribution in [3.63, 3.8) is 0 Å². The largest absolute Gasteiger partial charge is 0.381 e. The van der Waals surface area contributed by atoms with Crippen molar-refractivity contribution >= 4 is 0 Å². The van der Waals surface area contributed by atoms with Gasteiger partial charge in [-0.25, -0.2) is 0 Å². The second-order valence-corrected chi connectivity index (χ2v) is 4.26. The molecule has 1 saturated heterocycles. The van der Waals surface area contributed by atoms with Crippen LogP contribution in [0.3, 0.4) is 0 Å². The molecule has 0 saturated carbocycles. The summed E-state index contributed by atoms with van der Waals surface area (Å²) in [5.74, 6) is 0. The van der Waals surface area contributed by atoms with Crippen LogP contribution >= 0.6 is 0 Å². The van der Waals surface area contributed by atoms with Crippen LogP contribution in [-0.2, 0) is 11.3 Å². The first-order valence-electron chi connectivity index (χ1n) is 6.71. The summed E-state index contributed by atoms with van der Waals surface area (Å²) in [6.07, 6.45) is 2.29. The third kappa shape index (κ3) is 5.33. The zero-order valence-corrected chi connectivity index (χ0v) is 11.3. The van der Waals surface area contributed by atoms with Crippen molar-refractivity contribution in [1.29, 1.82) is 0 Å². The summed E-state index contributed by atoms with van der Waals surface area (Å²) in [5.41, 5.74) is 2.71. The molecule has 2 rings (SSSR count). The highest BCUT2D eigenvalue weighted by atomic mass is 16.5. The van der Waals surface area contributed by atoms with E-state index in [1.165, 1.54) is 11.1 Å². The highest BCUT2D eigenvalue weighted by molar-refractivity contribution is 5.22. The molecule has 96 valence electrons. The van der Waals surface area contributed by atoms with Gasteiger partial charge >= 0.3 is 0 Å². The van der Waals surface area contributed by atoms with Gasteiger partial charge in [-0.05, 0) is 25.3 Å². The molecular formula is C15H25NO. The van der Waals surface area contributed by atoms with Gasteiger partial charge in [0.15, 0.2) is 0 Å². The highest BCUT2D eigenvalue weighted by Gasteiger charge is 2.12. The molecule has 2 nitrogen and oxygen atoms in total. The van der Waals surface area contributed by atoms with Crippen LogP contribution in [0.2, 0.25) is 0 Å². The molecule has 1 aromatic rings. The molecule has 1 N–H and O–H groups in total. The molecule has 0 aliphatic carbocycles. The normalized spacial score (nSPS) is 16.2. The molecule has 2 heteroatoms. The fraction of sp³-hybridized carbons (Fsp3) is 0.600. The van der Waals surface area contributed by atoms with Crippen LogP contribution in [0, 0.1) is 6.92 Å². The third-order valence-electron chi connectivity index (χ3n) is 2.90. The Hall–Kier alpha value is -0.860. The molecule has 1 heterocycles. The maximum Gasteiger partial charge on any atom is 0.0480 e. The summed E-state index contributed by atoms with van der Waals surface area (Å²) in [6, 6.07) is 9.32. The van der Waals surface area contributed by atoms with Gasteiger partial charge in [-0.15, -0.1) is 0 Å². The Morgan fingerprint density at radius 3 is 2.59 bits per heavy atom. The molecule has 0 unspecified atom stereocenters. The summed E-state index contributed by atoms with van der Waals surface area (Å²) in [7, 11) is 0. The predicted molar refractivity (Wildman–Crippen MR) is 73.2 cm³/mol. The van der Waals surface area contributed by atoms with E-state index in [0.29, 0.717) is 6.04 Å². The van der Waals surface area contributed by atoms with Crippen molar-refractivity contribution in [1.82, 2.24) is 5.32 Å². The molecule has 0 radical (unpaired) electrons. The van der Waals surface area contributed by atoms with E-state index in [4.69, 9.17) is 4.74 Å². The van der Waals surface area contributed by atoms with E-state index < -0.39 is 0 Å². The predicted octanol–water partition coefficient (Wildman–Crippen LogP) is 3.29. The summed E-state index contributed by atoms with van der Waals surface area (Å²) in [6.45, 7) is 8.93. The van der Waals surface area contributed by atoms with E-state index >= 15 is 0 Å². The first-order chi connectivity index (χ1) is 8.34. The lowest BCUT2D eigenvalue weighted by molar-refractivity contribution is 0.0776. The Balaban J connectivity index is 0.000000686. The van der Waals surface area contributed by atoms with Crippen LogP contribution in [0.1, 0.15) is 37.8 Å². The summed E-state index contributed by atoms with van der Waals surface area (Å²) < 4.78 is 5.33. The Morgan fingerprint density at radius 2 is 1.94 bits per heavy atom. The average Bonchev–Trinajstić information content (AvgIpc) is 2.40. The standard InChI is InChI=1S/C13H19NO.C2H6/c1-11-3-2-4-12(9-11)10-14-13-5-7-15-8-6-13;1-2/h2-4,9,13-14H,5-8,10H2,1H3;1-2H3. The number of rotatable bonds is 3. The van der Waals surface area contributed by atoms with Crippen molar-refractivity contribution in [3.05, 3.63) is 35.4 Å². The van der Waals surface area contributed by atoms with Crippen molar-refractivity contribution in [2.24, 2.45) is 0 Å². The molecule has 0 spiro atoms. The van der Waals surface area contributed by atoms with Gasteiger partial charge in [-0.3, -0.25) is 0 Å². The lowest BCUT2D eigenvalue weighted by Crippen LogP contribution is -2.34. The SMILES string of the molecule is CC.Cc1cccc(CNC2CCOCC2)c1. The first-order valence-corrected chi connectivity index (χ1v) is 6.71. The number of nitrogens with one attached hydrogen (secondary N) is 1. The minimum absolute atomic E-state index is 0.638. The fourth-order valence-corrected chi connectivity index (χ4v) is 1.99. The van der Waals surface area contributed by atoms with E-state index in [9.17, 15) is 0 Å². The number of hydrogen-bond acceptors (Lipinski definition) is 2. The van der Waals surface area contributed by atoms with Crippen molar-refractivity contribution < 1.29 is 4.74 Å². The smallest absolute Gasteiger partial charge is 0.0480 e. The molecule has 17 heavy (non-hydrogen) atoms. The van der Waals surface area contributed by atoms with Gasteiger partial charge in [0, 0.05) is 25.8 Å². The van der Waals surface area contributed by atoms with Crippen LogP contribution < -0.4 is 5.32 Å². The molecule has 1 fully saturated rings. The second-order valence-electron chi connectivity index (χ2n) is 4.26. The zero-order chi connectivity index (χ0) is 12.5. The lowest BCUT2D eigenvalue weighted by Gasteiger charge is -2.23. The van der Waals surface area contributed by atoms with Gasteiger partial charge in [0.1, 0.15) is 0 Å². The number of aryl methyl sites for hydroxylation is 1. The lowest BCUT2D eigenvalue weighted by atomic mass is 10.1. The van der Waals surface area contributed by atoms with Crippen molar-refractivity contribution in [2.45, 2.75) is 46.2 Å². The summed E-state index contributed by atoms with van der Waals surface area (Å²) in [5, 5.41) is 3.59. The molecular weight excluding hydrogens is 210 g/mol. The van der Waals surface area contributed by atoms with E-state index in [-0.39, 0.29) is 0 Å². The van der Waals surface area contributed by atoms with Crippen LogP contribution in [0.4, 0.5) is 0 Å². The van der Waals surface area contributed by atoms with Crippen LogP contribution in [0.5, 0.6) is 0 Å². The van der Waals surface area contributed by atoms with E-state index in [0.717, 1.165) is 32.6 Å². The highest BCUT2D eigenvalue weighted by Crippen LogP contribution is 2.08. The van der Waals surface area contributed by atoms with Crippen LogP contribution in [0.15, 0.2) is 24.3 Å². The Labute approximate surface area is 105 Å². The van der Waals surface area contributed by atoms with Crippen LogP contribution in [-0.4, -0.2) is 19.3 Å². The Bertz CT molecular complexity index is 306. The minimum Gasteiger partial charge on any atom is -0.381 e. The monoisotopic (exact) mass is 235 g/mol. The molecule has 0 atom stereocenters.